The molecule has 236 valence electrons. The highest BCUT2D eigenvalue weighted by molar-refractivity contribution is 5.64. The van der Waals surface area contributed by atoms with Gasteiger partial charge in [0.1, 0.15) is 0 Å². The Morgan fingerprint density at radius 2 is 1.12 bits per heavy atom. The van der Waals surface area contributed by atoms with Crippen LogP contribution in [0.5, 0.6) is 34.5 Å². The van der Waals surface area contributed by atoms with Crippen molar-refractivity contribution in [2.75, 3.05) is 68.1 Å². The minimum absolute atomic E-state index is 0.0963. The Labute approximate surface area is 252 Å². The highest BCUT2D eigenvalue weighted by Crippen LogP contribution is 2.55. The van der Waals surface area contributed by atoms with E-state index in [9.17, 15) is 0 Å². The lowest BCUT2D eigenvalue weighted by Gasteiger charge is -2.41. The van der Waals surface area contributed by atoms with E-state index >= 15 is 0 Å². The molecule has 2 aromatic rings. The predicted octanol–water partition coefficient (Wildman–Crippen LogP) is 7.07. The number of methoxy groups -OCH3 is 4. The zero-order valence-electron chi connectivity index (χ0n) is 27.0. The SMILES string of the molecule is CCCOCC1Cc2cc(OC)c(OCCC)c(OC)c2C(c2cc(OC)c(OCCC)c(OC)c2)C1COCCC. The number of rotatable bonds is 19. The molecule has 0 spiro atoms. The molecule has 0 saturated heterocycles. The van der Waals surface area contributed by atoms with Gasteiger partial charge in [-0.15, -0.1) is 0 Å². The van der Waals surface area contributed by atoms with Gasteiger partial charge in [0, 0.05) is 24.7 Å². The fourth-order valence-electron chi connectivity index (χ4n) is 5.80. The van der Waals surface area contributed by atoms with Gasteiger partial charge in [-0.1, -0.05) is 27.7 Å². The van der Waals surface area contributed by atoms with Gasteiger partial charge in [0.25, 0.3) is 0 Å². The van der Waals surface area contributed by atoms with Crippen molar-refractivity contribution in [2.45, 2.75) is 65.7 Å². The highest BCUT2D eigenvalue weighted by Gasteiger charge is 2.42. The summed E-state index contributed by atoms with van der Waals surface area (Å²) >= 11 is 0. The fraction of sp³-hybridized carbons (Fsp3) is 0.647. The quantitative estimate of drug-likeness (QED) is 0.161. The molecular weight excluding hydrogens is 536 g/mol. The van der Waals surface area contributed by atoms with Crippen molar-refractivity contribution in [2.24, 2.45) is 11.8 Å². The van der Waals surface area contributed by atoms with Crippen LogP contribution < -0.4 is 28.4 Å². The first-order valence-corrected chi connectivity index (χ1v) is 15.5. The van der Waals surface area contributed by atoms with E-state index in [-0.39, 0.29) is 17.8 Å². The second-order valence-corrected chi connectivity index (χ2v) is 10.7. The summed E-state index contributed by atoms with van der Waals surface area (Å²) in [5, 5.41) is 0. The van der Waals surface area contributed by atoms with E-state index in [1.54, 1.807) is 28.4 Å². The Morgan fingerprint density at radius 1 is 0.595 bits per heavy atom. The lowest BCUT2D eigenvalue weighted by Crippen LogP contribution is -2.37. The van der Waals surface area contributed by atoms with Crippen molar-refractivity contribution in [3.63, 3.8) is 0 Å². The zero-order valence-corrected chi connectivity index (χ0v) is 27.0. The zero-order chi connectivity index (χ0) is 30.5. The predicted molar refractivity (Wildman–Crippen MR) is 165 cm³/mol. The number of fused-ring (bicyclic) bond motifs is 1. The van der Waals surface area contributed by atoms with Crippen LogP contribution in [-0.4, -0.2) is 68.1 Å². The summed E-state index contributed by atoms with van der Waals surface area (Å²) in [6.45, 7) is 12.2. The van der Waals surface area contributed by atoms with Gasteiger partial charge >= 0.3 is 0 Å². The van der Waals surface area contributed by atoms with Crippen LogP contribution in [0.15, 0.2) is 18.2 Å². The molecule has 3 rings (SSSR count). The monoisotopic (exact) mass is 588 g/mol. The summed E-state index contributed by atoms with van der Waals surface area (Å²) in [5.74, 6) is 4.05. The molecule has 0 amide bonds. The first-order chi connectivity index (χ1) is 20.5. The van der Waals surface area contributed by atoms with E-state index in [0.717, 1.165) is 55.4 Å². The Hall–Kier alpha value is -2.84. The van der Waals surface area contributed by atoms with Crippen LogP contribution in [0.25, 0.3) is 0 Å². The van der Waals surface area contributed by atoms with Crippen LogP contribution >= 0.6 is 0 Å². The Kier molecular flexibility index (Phi) is 13.9. The standard InChI is InChI=1S/C34H52O8/c1-9-13-39-21-25-17-23-18-29(37-7)33(42-16-12-4)34(38-8)31(23)30(26(25)22-40-14-10-2)24-19-27(35-5)32(41-15-11-3)28(20-24)36-6/h18-20,25-26,30H,9-17,21-22H2,1-8H3. The minimum Gasteiger partial charge on any atom is -0.493 e. The number of benzene rings is 2. The summed E-state index contributed by atoms with van der Waals surface area (Å²) < 4.78 is 48.6. The van der Waals surface area contributed by atoms with Gasteiger partial charge in [-0.2, -0.15) is 0 Å². The normalized spacial score (nSPS) is 17.9. The van der Waals surface area contributed by atoms with Crippen molar-refractivity contribution < 1.29 is 37.9 Å². The first-order valence-electron chi connectivity index (χ1n) is 15.5. The Morgan fingerprint density at radius 3 is 1.64 bits per heavy atom. The summed E-state index contributed by atoms with van der Waals surface area (Å²) in [7, 11) is 6.70. The molecule has 2 aromatic carbocycles. The summed E-state index contributed by atoms with van der Waals surface area (Å²) in [6, 6.07) is 6.25. The third-order valence-corrected chi connectivity index (χ3v) is 7.66. The third kappa shape index (κ3) is 7.75. The van der Waals surface area contributed by atoms with Gasteiger partial charge in [-0.05, 0) is 73.3 Å². The molecule has 8 nitrogen and oxygen atoms in total. The van der Waals surface area contributed by atoms with Gasteiger partial charge < -0.3 is 37.9 Å². The van der Waals surface area contributed by atoms with Crippen molar-refractivity contribution in [3.05, 3.63) is 34.9 Å². The van der Waals surface area contributed by atoms with Crippen LogP contribution in [0.2, 0.25) is 0 Å². The van der Waals surface area contributed by atoms with Crippen molar-refractivity contribution in [1.29, 1.82) is 0 Å². The Balaban J connectivity index is 2.32. The minimum atomic E-state index is -0.117. The molecular formula is C34H52O8. The van der Waals surface area contributed by atoms with Crippen LogP contribution in [0.1, 0.15) is 76.0 Å². The van der Waals surface area contributed by atoms with E-state index in [1.165, 1.54) is 0 Å². The fourth-order valence-corrected chi connectivity index (χ4v) is 5.80. The number of hydrogen-bond donors (Lipinski definition) is 0. The summed E-state index contributed by atoms with van der Waals surface area (Å²) in [6.07, 6.45) is 4.47. The van der Waals surface area contributed by atoms with Gasteiger partial charge in [0.15, 0.2) is 23.0 Å². The van der Waals surface area contributed by atoms with Gasteiger partial charge in [0.05, 0.1) is 54.9 Å². The van der Waals surface area contributed by atoms with Crippen LogP contribution in [0, 0.1) is 11.8 Å². The molecule has 0 bridgehead atoms. The smallest absolute Gasteiger partial charge is 0.203 e. The van der Waals surface area contributed by atoms with Crippen LogP contribution in [0.4, 0.5) is 0 Å². The maximum Gasteiger partial charge on any atom is 0.203 e. The molecule has 0 saturated carbocycles. The van der Waals surface area contributed by atoms with Crippen LogP contribution in [0.3, 0.4) is 0 Å². The molecule has 1 aliphatic rings. The van der Waals surface area contributed by atoms with E-state index in [2.05, 4.69) is 45.9 Å². The van der Waals surface area contributed by atoms with E-state index in [4.69, 9.17) is 37.9 Å². The average Bonchev–Trinajstić information content (AvgIpc) is 3.01. The molecule has 3 unspecified atom stereocenters. The third-order valence-electron chi connectivity index (χ3n) is 7.66. The van der Waals surface area contributed by atoms with Crippen molar-refractivity contribution in [3.8, 4) is 34.5 Å². The molecule has 42 heavy (non-hydrogen) atoms. The van der Waals surface area contributed by atoms with Crippen molar-refractivity contribution in [1.82, 2.24) is 0 Å². The molecule has 8 heteroatoms. The maximum atomic E-state index is 6.29. The van der Waals surface area contributed by atoms with Crippen molar-refractivity contribution >= 4 is 0 Å². The molecule has 0 N–H and O–H groups in total. The van der Waals surface area contributed by atoms with Gasteiger partial charge in [-0.25, -0.2) is 0 Å². The maximum absolute atomic E-state index is 6.29. The topological polar surface area (TPSA) is 73.8 Å². The molecule has 0 fully saturated rings. The van der Waals surface area contributed by atoms with E-state index in [1.807, 2.05) is 0 Å². The van der Waals surface area contributed by atoms with E-state index < -0.39 is 0 Å². The molecule has 1 aliphatic carbocycles. The molecule has 3 atom stereocenters. The second kappa shape index (κ2) is 17.3. The summed E-state index contributed by atoms with van der Waals surface area (Å²) in [5.41, 5.74) is 3.26. The largest absolute Gasteiger partial charge is 0.493 e. The van der Waals surface area contributed by atoms with E-state index in [0.29, 0.717) is 67.5 Å². The number of ether oxygens (including phenoxy) is 8. The molecule has 0 aliphatic heterocycles. The second-order valence-electron chi connectivity index (χ2n) is 10.7. The molecule has 0 aromatic heterocycles. The Bertz CT molecular complexity index is 1080. The van der Waals surface area contributed by atoms with Gasteiger partial charge in [-0.3, -0.25) is 0 Å². The number of hydrogen-bond acceptors (Lipinski definition) is 8. The molecule has 0 heterocycles. The van der Waals surface area contributed by atoms with Crippen LogP contribution in [-0.2, 0) is 15.9 Å². The summed E-state index contributed by atoms with van der Waals surface area (Å²) in [4.78, 5) is 0. The highest BCUT2D eigenvalue weighted by atomic mass is 16.5. The lowest BCUT2D eigenvalue weighted by molar-refractivity contribution is 0.0216. The van der Waals surface area contributed by atoms with Gasteiger partial charge in [0.2, 0.25) is 11.5 Å². The lowest BCUT2D eigenvalue weighted by atomic mass is 9.66. The molecule has 0 radical (unpaired) electrons. The average molecular weight is 589 g/mol. The first kappa shape index (κ1) is 33.7.